The predicted octanol–water partition coefficient (Wildman–Crippen LogP) is 4.28. The number of carbonyl (C=O) groups excluding carboxylic acids is 1. The van der Waals surface area contributed by atoms with Gasteiger partial charge in [-0.1, -0.05) is 18.6 Å². The molecule has 0 N–H and O–H groups in total. The number of piperidine rings is 1. The largest absolute Gasteiger partial charge is 0.494 e. The number of amides is 1. The van der Waals surface area contributed by atoms with Crippen molar-refractivity contribution in [1.82, 2.24) is 29.5 Å². The van der Waals surface area contributed by atoms with Crippen molar-refractivity contribution in [3.05, 3.63) is 41.9 Å². The molecule has 2 aliphatic heterocycles. The van der Waals surface area contributed by atoms with Gasteiger partial charge in [-0.3, -0.25) is 4.79 Å². The highest BCUT2D eigenvalue weighted by atomic mass is 16.5. The van der Waals surface area contributed by atoms with Gasteiger partial charge in [0.2, 0.25) is 5.91 Å². The number of benzene rings is 1. The topological polar surface area (TPSA) is 79.6 Å². The summed E-state index contributed by atoms with van der Waals surface area (Å²) in [5.41, 5.74) is 2.89. The van der Waals surface area contributed by atoms with Gasteiger partial charge in [0.25, 0.3) is 0 Å². The van der Waals surface area contributed by atoms with Gasteiger partial charge in [-0.2, -0.15) is 5.10 Å². The summed E-state index contributed by atoms with van der Waals surface area (Å²) in [5.74, 6) is 2.35. The average Bonchev–Trinajstić information content (AvgIpc) is 3.32. The summed E-state index contributed by atoms with van der Waals surface area (Å²) in [6.07, 6.45) is 10.1. The van der Waals surface area contributed by atoms with Crippen LogP contribution in [0.25, 0.3) is 11.0 Å². The van der Waals surface area contributed by atoms with Gasteiger partial charge in [-0.15, -0.1) is 0 Å². The Hall–Kier alpha value is -3.20. The first kappa shape index (κ1) is 27.0. The van der Waals surface area contributed by atoms with Gasteiger partial charge in [0.05, 0.1) is 24.2 Å². The molecule has 1 aromatic carbocycles. The van der Waals surface area contributed by atoms with Gasteiger partial charge in [-0.05, 0) is 83.2 Å². The molecule has 1 saturated carbocycles. The number of aromatic nitrogens is 4. The van der Waals surface area contributed by atoms with Crippen LogP contribution in [0.3, 0.4) is 0 Å². The van der Waals surface area contributed by atoms with Crippen LogP contribution in [0, 0.1) is 12.8 Å². The second-order valence-corrected chi connectivity index (χ2v) is 11.6. The number of piperazine rings is 1. The molecule has 0 radical (unpaired) electrons. The lowest BCUT2D eigenvalue weighted by molar-refractivity contribution is -0.137. The first-order valence-corrected chi connectivity index (χ1v) is 15.3. The zero-order valence-corrected chi connectivity index (χ0v) is 24.1. The van der Waals surface area contributed by atoms with Crippen molar-refractivity contribution in [2.45, 2.75) is 71.4 Å². The summed E-state index contributed by atoms with van der Waals surface area (Å²) in [5, 5.41) is 5.84. The minimum atomic E-state index is 0.194. The molecular weight excluding hydrogens is 502 g/mol. The normalized spacial score (nSPS) is 22.6. The zero-order valence-electron chi connectivity index (χ0n) is 24.1. The van der Waals surface area contributed by atoms with E-state index < -0.39 is 0 Å². The molecule has 0 atom stereocenters. The van der Waals surface area contributed by atoms with Gasteiger partial charge >= 0.3 is 0 Å². The molecule has 0 bridgehead atoms. The minimum absolute atomic E-state index is 0.194. The number of nitrogens with zero attached hydrogens (tertiary/aromatic N) is 7. The van der Waals surface area contributed by atoms with Crippen molar-refractivity contribution in [2.75, 3.05) is 50.8 Å². The standard InChI is InChI=1S/C31H43N7O2/c1-3-40-27-9-7-8-24(20-27)21-38-30-28(23(2)34-38)29(32-22-33-30)36-16-18-37(19-17-36)31(39)25-10-12-26(13-11-25)35-14-5-4-6-15-35/h7-9,20,22,25-26H,3-6,10-19,21H2,1-2H3. The molecule has 1 aliphatic carbocycles. The molecule has 40 heavy (non-hydrogen) atoms. The van der Waals surface area contributed by atoms with E-state index in [2.05, 4.69) is 31.8 Å². The maximum Gasteiger partial charge on any atom is 0.225 e. The van der Waals surface area contributed by atoms with Gasteiger partial charge in [0.15, 0.2) is 5.65 Å². The van der Waals surface area contributed by atoms with Crippen LogP contribution in [0.15, 0.2) is 30.6 Å². The van der Waals surface area contributed by atoms with Crippen LogP contribution in [-0.2, 0) is 11.3 Å². The summed E-state index contributed by atoms with van der Waals surface area (Å²) < 4.78 is 7.64. The lowest BCUT2D eigenvalue weighted by Gasteiger charge is -2.41. The molecule has 9 nitrogen and oxygen atoms in total. The fourth-order valence-electron chi connectivity index (χ4n) is 6.96. The smallest absolute Gasteiger partial charge is 0.225 e. The number of aryl methyl sites for hydroxylation is 1. The van der Waals surface area contributed by atoms with Crippen molar-refractivity contribution in [2.24, 2.45) is 5.92 Å². The molecule has 6 rings (SSSR count). The number of anilines is 1. The van der Waals surface area contributed by atoms with Crippen molar-refractivity contribution in [1.29, 1.82) is 0 Å². The number of hydrogen-bond donors (Lipinski definition) is 0. The number of rotatable bonds is 7. The van der Waals surface area contributed by atoms with Crippen LogP contribution in [-0.4, -0.2) is 87.4 Å². The first-order chi connectivity index (χ1) is 19.6. The van der Waals surface area contributed by atoms with Crippen LogP contribution in [0.4, 0.5) is 5.82 Å². The molecule has 3 fully saturated rings. The van der Waals surface area contributed by atoms with E-state index in [0.29, 0.717) is 25.1 Å². The van der Waals surface area contributed by atoms with Crippen LogP contribution >= 0.6 is 0 Å². The van der Waals surface area contributed by atoms with Gasteiger partial charge in [0, 0.05) is 38.1 Å². The Bertz CT molecular complexity index is 1300. The fourth-order valence-corrected chi connectivity index (χ4v) is 6.96. The third-order valence-corrected chi connectivity index (χ3v) is 9.07. The number of carbonyl (C=O) groups is 1. The number of fused-ring (bicyclic) bond motifs is 1. The molecule has 9 heteroatoms. The summed E-state index contributed by atoms with van der Waals surface area (Å²) in [6, 6.07) is 8.83. The van der Waals surface area contributed by atoms with E-state index in [1.807, 2.05) is 30.7 Å². The number of hydrogen-bond acceptors (Lipinski definition) is 7. The van der Waals surface area contributed by atoms with E-state index in [1.165, 1.54) is 45.2 Å². The quantitative estimate of drug-likeness (QED) is 0.439. The molecular formula is C31H43N7O2. The predicted molar refractivity (Wildman–Crippen MR) is 157 cm³/mol. The van der Waals surface area contributed by atoms with Crippen LogP contribution in [0.2, 0.25) is 0 Å². The van der Waals surface area contributed by atoms with Gasteiger partial charge < -0.3 is 19.4 Å². The Morgan fingerprint density at radius 1 is 0.975 bits per heavy atom. The zero-order chi connectivity index (χ0) is 27.5. The van der Waals surface area contributed by atoms with Crippen molar-refractivity contribution >= 4 is 22.8 Å². The molecule has 2 saturated heterocycles. The highest BCUT2D eigenvalue weighted by Gasteiger charge is 2.33. The van der Waals surface area contributed by atoms with Crippen LogP contribution in [0.5, 0.6) is 5.75 Å². The Labute approximate surface area is 237 Å². The van der Waals surface area contributed by atoms with Gasteiger partial charge in [-0.25, -0.2) is 14.6 Å². The van der Waals surface area contributed by atoms with E-state index in [1.54, 1.807) is 6.33 Å². The van der Waals surface area contributed by atoms with E-state index in [9.17, 15) is 4.79 Å². The average molecular weight is 546 g/mol. The molecule has 0 unspecified atom stereocenters. The Balaban J connectivity index is 1.09. The second kappa shape index (κ2) is 12.1. The second-order valence-electron chi connectivity index (χ2n) is 11.6. The van der Waals surface area contributed by atoms with E-state index >= 15 is 0 Å². The maximum absolute atomic E-state index is 13.4. The number of ether oxygens (including phenoxy) is 1. The molecule has 2 aromatic heterocycles. The van der Waals surface area contributed by atoms with Gasteiger partial charge in [0.1, 0.15) is 17.9 Å². The van der Waals surface area contributed by atoms with Crippen LogP contribution in [0.1, 0.15) is 63.1 Å². The highest BCUT2D eigenvalue weighted by molar-refractivity contribution is 5.90. The molecule has 4 heterocycles. The summed E-state index contributed by atoms with van der Waals surface area (Å²) in [7, 11) is 0. The molecule has 214 valence electrons. The molecule has 1 amide bonds. The lowest BCUT2D eigenvalue weighted by atomic mass is 9.83. The summed E-state index contributed by atoms with van der Waals surface area (Å²) >= 11 is 0. The van der Waals surface area contributed by atoms with Crippen molar-refractivity contribution in [3.63, 3.8) is 0 Å². The number of likely N-dealkylation sites (tertiary alicyclic amines) is 1. The monoisotopic (exact) mass is 545 g/mol. The lowest BCUT2D eigenvalue weighted by Crippen LogP contribution is -2.51. The third kappa shape index (κ3) is 5.66. The third-order valence-electron chi connectivity index (χ3n) is 9.07. The first-order valence-electron chi connectivity index (χ1n) is 15.3. The molecule has 3 aromatic rings. The minimum Gasteiger partial charge on any atom is -0.494 e. The summed E-state index contributed by atoms with van der Waals surface area (Å²) in [6.45, 7) is 10.8. The fraction of sp³-hybridized carbons (Fsp3) is 0.613. The van der Waals surface area contributed by atoms with E-state index in [0.717, 1.165) is 72.9 Å². The summed E-state index contributed by atoms with van der Waals surface area (Å²) in [4.78, 5) is 29.8. The highest BCUT2D eigenvalue weighted by Crippen LogP contribution is 2.32. The van der Waals surface area contributed by atoms with E-state index in [4.69, 9.17) is 14.8 Å². The SMILES string of the molecule is CCOc1cccc(Cn2nc(C)c3c(N4CCN(C(=O)C5CCC(N6CCCCC6)CC5)CC4)ncnc32)c1. The van der Waals surface area contributed by atoms with Crippen molar-refractivity contribution < 1.29 is 9.53 Å². The van der Waals surface area contributed by atoms with Crippen molar-refractivity contribution in [3.8, 4) is 5.75 Å². The Morgan fingerprint density at radius 3 is 2.50 bits per heavy atom. The maximum atomic E-state index is 13.4. The van der Waals surface area contributed by atoms with E-state index in [-0.39, 0.29) is 5.92 Å². The Kier molecular flexibility index (Phi) is 8.18. The van der Waals surface area contributed by atoms with Crippen LogP contribution < -0.4 is 9.64 Å². The molecule has 3 aliphatic rings. The Morgan fingerprint density at radius 2 is 1.75 bits per heavy atom. The molecule has 0 spiro atoms.